The third-order valence-electron chi connectivity index (χ3n) is 2.06. The molecule has 0 aliphatic carbocycles. The van der Waals surface area contributed by atoms with Crippen LogP contribution in [0.1, 0.15) is 12.5 Å². The number of hydrogen-bond donors (Lipinski definition) is 1. The van der Waals surface area contributed by atoms with E-state index in [1.165, 1.54) is 19.5 Å². The number of esters is 1. The monoisotopic (exact) mass is 282 g/mol. The van der Waals surface area contributed by atoms with Crippen molar-refractivity contribution < 1.29 is 14.3 Å². The van der Waals surface area contributed by atoms with Crippen molar-refractivity contribution in [3.8, 4) is 0 Å². The molecule has 1 aromatic rings. The van der Waals surface area contributed by atoms with Crippen LogP contribution in [0, 0.1) is 5.21 Å². The largest absolute Gasteiger partial charge is 0.619 e. The summed E-state index contributed by atoms with van der Waals surface area (Å²) in [6, 6.07) is 3.35. The van der Waals surface area contributed by atoms with Gasteiger partial charge >= 0.3 is 5.97 Å². The predicted octanol–water partition coefficient (Wildman–Crippen LogP) is 0.597. The van der Waals surface area contributed by atoms with Gasteiger partial charge in [-0.25, -0.2) is 0 Å². The van der Waals surface area contributed by atoms with Gasteiger partial charge in [0.05, 0.1) is 7.11 Å². The lowest BCUT2D eigenvalue weighted by Crippen LogP contribution is -2.48. The van der Waals surface area contributed by atoms with Gasteiger partial charge in [-0.15, -0.1) is 24.8 Å². The molecule has 98 valence electrons. The fourth-order valence-electron chi connectivity index (χ4n) is 1.33. The van der Waals surface area contributed by atoms with Gasteiger partial charge in [-0.1, -0.05) is 0 Å². The summed E-state index contributed by atoms with van der Waals surface area (Å²) in [7, 11) is 1.28. The number of rotatable bonds is 3. The Morgan fingerprint density at radius 3 is 2.65 bits per heavy atom. The highest BCUT2D eigenvalue weighted by Crippen LogP contribution is 2.10. The molecule has 0 aromatic carbocycles. The van der Waals surface area contributed by atoms with Gasteiger partial charge in [0.15, 0.2) is 12.4 Å². The minimum Gasteiger partial charge on any atom is -0.619 e. The molecule has 0 amide bonds. The molecule has 0 saturated carbocycles. The highest BCUT2D eigenvalue weighted by atomic mass is 35.5. The SMILES string of the molecule is COC(=O)C(C)(N)Cc1ccc[n+]([O-])c1.Cl.Cl. The number of nitrogens with two attached hydrogens (primary N) is 1. The number of aromatic nitrogens is 1. The van der Waals surface area contributed by atoms with Crippen molar-refractivity contribution in [3.63, 3.8) is 0 Å². The second-order valence-corrected chi connectivity index (χ2v) is 3.66. The first kappa shape index (κ1) is 18.3. The van der Waals surface area contributed by atoms with E-state index in [-0.39, 0.29) is 31.2 Å². The number of ether oxygens (including phenoxy) is 1. The van der Waals surface area contributed by atoms with Gasteiger partial charge in [-0.2, -0.15) is 4.73 Å². The average molecular weight is 283 g/mol. The van der Waals surface area contributed by atoms with Gasteiger partial charge in [0.1, 0.15) is 5.54 Å². The van der Waals surface area contributed by atoms with Crippen LogP contribution in [0.4, 0.5) is 0 Å². The van der Waals surface area contributed by atoms with Crippen LogP contribution < -0.4 is 10.5 Å². The molecule has 1 atom stereocenters. The molecule has 1 unspecified atom stereocenters. The van der Waals surface area contributed by atoms with E-state index in [0.29, 0.717) is 10.3 Å². The Morgan fingerprint density at radius 2 is 2.18 bits per heavy atom. The van der Waals surface area contributed by atoms with Gasteiger partial charge in [-0.3, -0.25) is 4.79 Å². The number of carbonyl (C=O) groups excluding carboxylic acids is 1. The Labute approximate surface area is 112 Å². The summed E-state index contributed by atoms with van der Waals surface area (Å²) >= 11 is 0. The molecule has 17 heavy (non-hydrogen) atoms. The van der Waals surface area contributed by atoms with E-state index in [2.05, 4.69) is 4.74 Å². The molecule has 0 aliphatic heterocycles. The minimum absolute atomic E-state index is 0. The molecule has 2 N–H and O–H groups in total. The van der Waals surface area contributed by atoms with Gasteiger partial charge < -0.3 is 15.7 Å². The molecule has 5 nitrogen and oxygen atoms in total. The first-order chi connectivity index (χ1) is 6.95. The predicted molar refractivity (Wildman–Crippen MR) is 68.2 cm³/mol. The number of pyridine rings is 1. The molecular formula is C10H16Cl2N2O3. The summed E-state index contributed by atoms with van der Waals surface area (Å²) < 4.78 is 5.24. The smallest absolute Gasteiger partial charge is 0.325 e. The van der Waals surface area contributed by atoms with Crippen LogP contribution in [-0.4, -0.2) is 18.6 Å². The highest BCUT2D eigenvalue weighted by molar-refractivity contribution is 5.85. The number of nitrogens with zero attached hydrogens (tertiary/aromatic N) is 1. The third kappa shape index (κ3) is 5.21. The zero-order valence-corrected chi connectivity index (χ0v) is 11.2. The lowest BCUT2D eigenvalue weighted by molar-refractivity contribution is -0.605. The zero-order chi connectivity index (χ0) is 11.5. The Balaban J connectivity index is 0. The van der Waals surface area contributed by atoms with Crippen molar-refractivity contribution in [1.29, 1.82) is 0 Å². The van der Waals surface area contributed by atoms with Crippen LogP contribution in [0.5, 0.6) is 0 Å². The summed E-state index contributed by atoms with van der Waals surface area (Å²) in [5.74, 6) is -0.496. The second-order valence-electron chi connectivity index (χ2n) is 3.66. The Morgan fingerprint density at radius 1 is 1.59 bits per heavy atom. The summed E-state index contributed by atoms with van der Waals surface area (Å²) in [4.78, 5) is 11.3. The first-order valence-corrected chi connectivity index (χ1v) is 4.51. The second kappa shape index (κ2) is 7.32. The fraction of sp³-hybridized carbons (Fsp3) is 0.400. The zero-order valence-electron chi connectivity index (χ0n) is 9.58. The first-order valence-electron chi connectivity index (χ1n) is 4.51. The molecule has 0 radical (unpaired) electrons. The van der Waals surface area contributed by atoms with Crippen LogP contribution in [-0.2, 0) is 16.0 Å². The highest BCUT2D eigenvalue weighted by Gasteiger charge is 2.30. The minimum atomic E-state index is -1.11. The molecule has 1 heterocycles. The van der Waals surface area contributed by atoms with E-state index in [0.717, 1.165) is 0 Å². The number of methoxy groups -OCH3 is 1. The van der Waals surface area contributed by atoms with Crippen molar-refractivity contribution in [3.05, 3.63) is 35.3 Å². The van der Waals surface area contributed by atoms with Gasteiger partial charge in [-0.05, 0) is 13.0 Å². The molecule has 0 bridgehead atoms. The van der Waals surface area contributed by atoms with E-state index in [1.54, 1.807) is 19.1 Å². The van der Waals surface area contributed by atoms with E-state index >= 15 is 0 Å². The maximum absolute atomic E-state index is 11.3. The Hall–Kier alpha value is -1.04. The average Bonchev–Trinajstić information content (AvgIpc) is 2.15. The van der Waals surface area contributed by atoms with Crippen LogP contribution >= 0.6 is 24.8 Å². The van der Waals surface area contributed by atoms with Crippen LogP contribution in [0.3, 0.4) is 0 Å². The molecule has 0 spiro atoms. The summed E-state index contributed by atoms with van der Waals surface area (Å²) in [5, 5.41) is 11.0. The number of hydrogen-bond acceptors (Lipinski definition) is 4. The van der Waals surface area contributed by atoms with E-state index in [9.17, 15) is 10.0 Å². The van der Waals surface area contributed by atoms with Gasteiger partial charge in [0.2, 0.25) is 0 Å². The van der Waals surface area contributed by atoms with E-state index in [1.807, 2.05) is 0 Å². The van der Waals surface area contributed by atoms with Crippen molar-refractivity contribution in [2.45, 2.75) is 18.9 Å². The molecule has 7 heteroatoms. The van der Waals surface area contributed by atoms with Gasteiger partial charge in [0.25, 0.3) is 0 Å². The molecule has 0 saturated heterocycles. The molecule has 1 aromatic heterocycles. The Bertz CT molecular complexity index is 372. The topological polar surface area (TPSA) is 79.3 Å². The van der Waals surface area contributed by atoms with Crippen LogP contribution in [0.15, 0.2) is 24.5 Å². The maximum Gasteiger partial charge on any atom is 0.325 e. The lowest BCUT2D eigenvalue weighted by atomic mass is 9.95. The molecule has 0 fully saturated rings. The number of carbonyl (C=O) groups is 1. The maximum atomic E-state index is 11.3. The normalized spacial score (nSPS) is 12.6. The van der Waals surface area contributed by atoms with Crippen molar-refractivity contribution >= 4 is 30.8 Å². The summed E-state index contributed by atoms with van der Waals surface area (Å²) in [5.41, 5.74) is 5.36. The van der Waals surface area contributed by atoms with Crippen LogP contribution in [0.25, 0.3) is 0 Å². The van der Waals surface area contributed by atoms with Crippen molar-refractivity contribution in [2.24, 2.45) is 5.73 Å². The lowest BCUT2D eigenvalue weighted by Gasteiger charge is -2.20. The molecule has 0 aliphatic rings. The summed E-state index contributed by atoms with van der Waals surface area (Å²) in [6.45, 7) is 1.57. The Kier molecular flexibility index (Phi) is 7.89. The summed E-state index contributed by atoms with van der Waals surface area (Å²) in [6.07, 6.45) is 3.02. The fourth-order valence-corrected chi connectivity index (χ4v) is 1.33. The molecular weight excluding hydrogens is 267 g/mol. The van der Waals surface area contributed by atoms with Gasteiger partial charge in [0, 0.05) is 18.1 Å². The number of halogens is 2. The van der Waals surface area contributed by atoms with E-state index < -0.39 is 11.5 Å². The van der Waals surface area contributed by atoms with Crippen molar-refractivity contribution in [1.82, 2.24) is 0 Å². The quantitative estimate of drug-likeness (QED) is 0.500. The van der Waals surface area contributed by atoms with Crippen molar-refractivity contribution in [2.75, 3.05) is 7.11 Å². The molecule has 1 rings (SSSR count). The van der Waals surface area contributed by atoms with Crippen LogP contribution in [0.2, 0.25) is 0 Å². The standard InChI is InChI=1S/C10H14N2O3.2ClH/c1-10(11,9(13)15-2)6-8-4-3-5-12(14)7-8;;/h3-5,7H,6,11H2,1-2H3;2*1H. The third-order valence-corrected chi connectivity index (χ3v) is 2.06. The van der Waals surface area contributed by atoms with E-state index in [4.69, 9.17) is 5.73 Å².